The fourth-order valence-corrected chi connectivity index (χ4v) is 3.27. The van der Waals surface area contributed by atoms with Crippen LogP contribution in [0.15, 0.2) is 66.7 Å². The number of benzene rings is 3. The van der Waals surface area contributed by atoms with Crippen LogP contribution in [0, 0.1) is 0 Å². The van der Waals surface area contributed by atoms with Crippen LogP contribution < -0.4 is 10.1 Å². The molecule has 0 saturated carbocycles. The molecule has 0 aliphatic carbocycles. The molecule has 1 amide bonds. The van der Waals surface area contributed by atoms with E-state index in [0.717, 1.165) is 28.5 Å². The number of rotatable bonds is 10. The Morgan fingerprint density at radius 1 is 0.862 bits per heavy atom. The van der Waals surface area contributed by atoms with Crippen LogP contribution in [0.5, 0.6) is 5.75 Å². The van der Waals surface area contributed by atoms with Crippen molar-refractivity contribution in [3.63, 3.8) is 0 Å². The number of nitrogens with one attached hydrogen (secondary N) is 1. The van der Waals surface area contributed by atoms with E-state index in [4.69, 9.17) is 9.84 Å². The van der Waals surface area contributed by atoms with Gasteiger partial charge in [0.25, 0.3) is 0 Å². The minimum absolute atomic E-state index is 0.00863. The number of carboxylic acids is 1. The highest BCUT2D eigenvalue weighted by Crippen LogP contribution is 2.28. The first kappa shape index (κ1) is 20.4. The highest BCUT2D eigenvalue weighted by Gasteiger charge is 2.11. The summed E-state index contributed by atoms with van der Waals surface area (Å²) in [5.41, 5.74) is 2.27. The zero-order valence-electron chi connectivity index (χ0n) is 16.3. The zero-order valence-corrected chi connectivity index (χ0v) is 16.3. The lowest BCUT2D eigenvalue weighted by Crippen LogP contribution is -2.26. The van der Waals surface area contributed by atoms with E-state index in [9.17, 15) is 9.59 Å². The summed E-state index contributed by atoms with van der Waals surface area (Å²) in [6, 6.07) is 22.3. The van der Waals surface area contributed by atoms with Crippen molar-refractivity contribution in [1.82, 2.24) is 5.32 Å². The lowest BCUT2D eigenvalue weighted by Gasteiger charge is -2.15. The summed E-state index contributed by atoms with van der Waals surface area (Å²) in [6.45, 7) is 1.00. The molecule has 150 valence electrons. The van der Waals surface area contributed by atoms with Gasteiger partial charge in [0.2, 0.25) is 5.91 Å². The maximum atomic E-state index is 11.8. The molecule has 5 nitrogen and oxygen atoms in total. The second kappa shape index (κ2) is 10.3. The smallest absolute Gasteiger partial charge is 0.303 e. The first-order chi connectivity index (χ1) is 14.1. The van der Waals surface area contributed by atoms with Gasteiger partial charge in [0.15, 0.2) is 0 Å². The summed E-state index contributed by atoms with van der Waals surface area (Å²) < 4.78 is 6.10. The molecule has 0 unspecified atom stereocenters. The maximum Gasteiger partial charge on any atom is 0.303 e. The Morgan fingerprint density at radius 2 is 1.62 bits per heavy atom. The molecule has 0 radical (unpaired) electrons. The first-order valence-corrected chi connectivity index (χ1v) is 9.79. The van der Waals surface area contributed by atoms with Gasteiger partial charge in [-0.25, -0.2) is 0 Å². The van der Waals surface area contributed by atoms with E-state index in [-0.39, 0.29) is 18.7 Å². The van der Waals surface area contributed by atoms with Gasteiger partial charge in [0.1, 0.15) is 5.75 Å². The molecule has 3 aromatic rings. The molecule has 0 saturated heterocycles. The SMILES string of the molecule is O=C(O)CCC(=O)NCCc1c(OCCc2ccccc2)ccc2ccccc12. The molecule has 29 heavy (non-hydrogen) atoms. The molecule has 0 aliphatic heterocycles. The first-order valence-electron chi connectivity index (χ1n) is 9.79. The number of amides is 1. The number of hydrogen-bond donors (Lipinski definition) is 2. The number of aliphatic carboxylic acids is 1. The van der Waals surface area contributed by atoms with Crippen LogP contribution in [0.4, 0.5) is 0 Å². The highest BCUT2D eigenvalue weighted by atomic mass is 16.5. The van der Waals surface area contributed by atoms with Crippen molar-refractivity contribution in [2.75, 3.05) is 13.2 Å². The zero-order chi connectivity index (χ0) is 20.5. The van der Waals surface area contributed by atoms with E-state index < -0.39 is 5.97 Å². The van der Waals surface area contributed by atoms with Crippen LogP contribution in [0.1, 0.15) is 24.0 Å². The Hall–Kier alpha value is -3.34. The molecule has 3 rings (SSSR count). The fourth-order valence-electron chi connectivity index (χ4n) is 3.27. The van der Waals surface area contributed by atoms with Crippen molar-refractivity contribution in [1.29, 1.82) is 0 Å². The molecule has 0 bridgehead atoms. The molecular weight excluding hydrogens is 366 g/mol. The van der Waals surface area contributed by atoms with Crippen molar-refractivity contribution in [2.45, 2.75) is 25.7 Å². The molecular formula is C24H25NO4. The summed E-state index contributed by atoms with van der Waals surface area (Å²) >= 11 is 0. The van der Waals surface area contributed by atoms with Crippen molar-refractivity contribution in [2.24, 2.45) is 0 Å². The fraction of sp³-hybridized carbons (Fsp3) is 0.250. The molecule has 0 atom stereocenters. The summed E-state index contributed by atoms with van der Waals surface area (Å²) in [6.07, 6.45) is 1.26. The van der Waals surface area contributed by atoms with Gasteiger partial charge in [-0.3, -0.25) is 9.59 Å². The average molecular weight is 391 g/mol. The monoisotopic (exact) mass is 391 g/mol. The maximum absolute atomic E-state index is 11.8. The summed E-state index contributed by atoms with van der Waals surface area (Å²) in [4.78, 5) is 22.4. The van der Waals surface area contributed by atoms with Gasteiger partial charge in [0, 0.05) is 24.9 Å². The summed E-state index contributed by atoms with van der Waals surface area (Å²) in [5.74, 6) is -0.401. The molecule has 2 N–H and O–H groups in total. The van der Waals surface area contributed by atoms with Crippen LogP contribution in [0.25, 0.3) is 10.8 Å². The second-order valence-electron chi connectivity index (χ2n) is 6.84. The topological polar surface area (TPSA) is 75.6 Å². The van der Waals surface area contributed by atoms with Crippen molar-refractivity contribution in [3.8, 4) is 5.75 Å². The van der Waals surface area contributed by atoms with E-state index in [1.807, 2.05) is 42.5 Å². The van der Waals surface area contributed by atoms with Gasteiger partial charge < -0.3 is 15.2 Å². The van der Waals surface area contributed by atoms with Crippen LogP contribution >= 0.6 is 0 Å². The van der Waals surface area contributed by atoms with Crippen LogP contribution in [0.3, 0.4) is 0 Å². The molecule has 5 heteroatoms. The lowest BCUT2D eigenvalue weighted by atomic mass is 10.0. The molecule has 0 spiro atoms. The van der Waals surface area contributed by atoms with Gasteiger partial charge in [0.05, 0.1) is 13.0 Å². The predicted molar refractivity (Wildman–Crippen MR) is 113 cm³/mol. The van der Waals surface area contributed by atoms with Gasteiger partial charge in [-0.15, -0.1) is 0 Å². The Balaban J connectivity index is 1.67. The van der Waals surface area contributed by atoms with E-state index in [2.05, 4.69) is 29.6 Å². The van der Waals surface area contributed by atoms with E-state index in [0.29, 0.717) is 19.6 Å². The Labute approximate surface area is 170 Å². The number of carboxylic acid groups (broad SMARTS) is 1. The third-order valence-electron chi connectivity index (χ3n) is 4.75. The summed E-state index contributed by atoms with van der Waals surface area (Å²) in [5, 5.41) is 13.7. The Morgan fingerprint density at radius 3 is 2.41 bits per heavy atom. The quantitative estimate of drug-likeness (QED) is 0.548. The van der Waals surface area contributed by atoms with Crippen molar-refractivity contribution in [3.05, 3.63) is 77.9 Å². The van der Waals surface area contributed by atoms with Gasteiger partial charge in [-0.05, 0) is 28.8 Å². The van der Waals surface area contributed by atoms with Crippen LogP contribution in [-0.2, 0) is 22.4 Å². The Kier molecular flexibility index (Phi) is 7.22. The van der Waals surface area contributed by atoms with Gasteiger partial charge in [-0.1, -0.05) is 60.7 Å². The van der Waals surface area contributed by atoms with Crippen LogP contribution in [-0.4, -0.2) is 30.1 Å². The third kappa shape index (κ3) is 6.07. The molecule has 3 aromatic carbocycles. The van der Waals surface area contributed by atoms with Crippen LogP contribution in [0.2, 0.25) is 0 Å². The van der Waals surface area contributed by atoms with E-state index in [1.165, 1.54) is 5.56 Å². The Bertz CT molecular complexity index is 969. The highest BCUT2D eigenvalue weighted by molar-refractivity contribution is 5.88. The standard InChI is InChI=1S/C24H25NO4/c26-23(12-13-24(27)28)25-16-14-21-20-9-5-4-8-19(20)10-11-22(21)29-17-15-18-6-2-1-3-7-18/h1-11H,12-17H2,(H,25,26)(H,27,28). The van der Waals surface area contributed by atoms with Gasteiger partial charge >= 0.3 is 5.97 Å². The number of fused-ring (bicyclic) bond motifs is 1. The third-order valence-corrected chi connectivity index (χ3v) is 4.75. The largest absolute Gasteiger partial charge is 0.493 e. The molecule has 0 fully saturated rings. The number of hydrogen-bond acceptors (Lipinski definition) is 3. The molecule has 0 heterocycles. The summed E-state index contributed by atoms with van der Waals surface area (Å²) in [7, 11) is 0. The predicted octanol–water partition coefficient (Wildman–Crippen LogP) is 3.98. The molecule has 0 aromatic heterocycles. The minimum Gasteiger partial charge on any atom is -0.493 e. The average Bonchev–Trinajstić information content (AvgIpc) is 2.74. The number of carbonyl (C=O) groups excluding carboxylic acids is 1. The van der Waals surface area contributed by atoms with E-state index in [1.54, 1.807) is 0 Å². The van der Waals surface area contributed by atoms with E-state index >= 15 is 0 Å². The van der Waals surface area contributed by atoms with Gasteiger partial charge in [-0.2, -0.15) is 0 Å². The number of carbonyl (C=O) groups is 2. The second-order valence-corrected chi connectivity index (χ2v) is 6.84. The van der Waals surface area contributed by atoms with Crippen molar-refractivity contribution >= 4 is 22.6 Å². The number of ether oxygens (including phenoxy) is 1. The normalized spacial score (nSPS) is 10.6. The van der Waals surface area contributed by atoms with Crippen molar-refractivity contribution < 1.29 is 19.4 Å². The lowest BCUT2D eigenvalue weighted by molar-refractivity contribution is -0.138. The molecule has 0 aliphatic rings. The minimum atomic E-state index is -0.969.